The average molecular weight is 459 g/mol. The molecule has 0 bridgehead atoms. The number of carbonyl (C=O) groups excluding carboxylic acids is 3. The molecule has 2 heterocycles. The van der Waals surface area contributed by atoms with Crippen LogP contribution in [0.15, 0.2) is 29.6 Å². The monoisotopic (exact) mass is 458 g/mol. The molecule has 1 saturated heterocycles. The SMILES string of the molecule is CCc1ccc(C(=O)NNC(=O)c2csc(C3CCN(C(=O)OC(C)(C)C)CC3)n2)cc1. The highest BCUT2D eigenvalue weighted by Gasteiger charge is 2.29. The van der Waals surface area contributed by atoms with Gasteiger partial charge >= 0.3 is 6.09 Å². The van der Waals surface area contributed by atoms with Crippen molar-refractivity contribution in [1.82, 2.24) is 20.7 Å². The number of ether oxygens (including phenoxy) is 1. The van der Waals surface area contributed by atoms with Gasteiger partial charge in [0.15, 0.2) is 0 Å². The summed E-state index contributed by atoms with van der Waals surface area (Å²) in [5, 5.41) is 2.55. The largest absolute Gasteiger partial charge is 0.444 e. The normalized spacial score (nSPS) is 14.7. The smallest absolute Gasteiger partial charge is 0.410 e. The molecule has 32 heavy (non-hydrogen) atoms. The highest BCUT2D eigenvalue weighted by Crippen LogP contribution is 2.30. The lowest BCUT2D eigenvalue weighted by Gasteiger charge is -2.32. The van der Waals surface area contributed by atoms with Gasteiger partial charge in [0.25, 0.3) is 11.8 Å². The maximum atomic E-state index is 12.4. The van der Waals surface area contributed by atoms with Gasteiger partial charge in [-0.05, 0) is 57.7 Å². The zero-order chi connectivity index (χ0) is 23.3. The number of nitrogens with zero attached hydrogens (tertiary/aromatic N) is 2. The van der Waals surface area contributed by atoms with Gasteiger partial charge in [-0.3, -0.25) is 20.4 Å². The Kier molecular flexibility index (Phi) is 7.50. The minimum atomic E-state index is -0.514. The molecule has 9 heteroatoms. The Labute approximate surface area is 192 Å². The minimum absolute atomic E-state index is 0.187. The summed E-state index contributed by atoms with van der Waals surface area (Å²) >= 11 is 1.42. The van der Waals surface area contributed by atoms with E-state index in [4.69, 9.17) is 4.74 Å². The molecule has 3 amide bonds. The molecule has 1 fully saturated rings. The van der Waals surface area contributed by atoms with Gasteiger partial charge in [0.2, 0.25) is 0 Å². The maximum Gasteiger partial charge on any atom is 0.410 e. The van der Waals surface area contributed by atoms with Crippen LogP contribution < -0.4 is 10.9 Å². The lowest BCUT2D eigenvalue weighted by Crippen LogP contribution is -2.42. The summed E-state index contributed by atoms with van der Waals surface area (Å²) in [7, 11) is 0. The Morgan fingerprint density at radius 3 is 2.31 bits per heavy atom. The third-order valence-corrected chi connectivity index (χ3v) is 6.17. The quantitative estimate of drug-likeness (QED) is 0.677. The molecule has 0 spiro atoms. The predicted molar refractivity (Wildman–Crippen MR) is 123 cm³/mol. The molecule has 1 aliphatic heterocycles. The summed E-state index contributed by atoms with van der Waals surface area (Å²) in [6.07, 6.45) is 2.12. The van der Waals surface area contributed by atoms with Crippen molar-refractivity contribution in [3.8, 4) is 0 Å². The van der Waals surface area contributed by atoms with Gasteiger partial charge in [0.1, 0.15) is 11.3 Å². The molecule has 172 valence electrons. The predicted octanol–water partition coefficient (Wildman–Crippen LogP) is 3.89. The number of piperidine rings is 1. The number of aromatic nitrogens is 1. The fraction of sp³-hybridized carbons (Fsp3) is 0.478. The maximum absolute atomic E-state index is 12.4. The van der Waals surface area contributed by atoms with Crippen LogP contribution >= 0.6 is 11.3 Å². The number of thiazole rings is 1. The number of aryl methyl sites for hydroxylation is 1. The van der Waals surface area contributed by atoms with Crippen LogP contribution in [0.5, 0.6) is 0 Å². The molecule has 1 aromatic heterocycles. The summed E-state index contributed by atoms with van der Waals surface area (Å²) in [5.74, 6) is -0.657. The zero-order valence-corrected chi connectivity index (χ0v) is 19.8. The van der Waals surface area contributed by atoms with Crippen LogP contribution in [0, 0.1) is 0 Å². The molecule has 2 aromatic rings. The summed E-state index contributed by atoms with van der Waals surface area (Å²) < 4.78 is 5.43. The van der Waals surface area contributed by atoms with E-state index in [1.807, 2.05) is 39.8 Å². The second-order valence-electron chi connectivity index (χ2n) is 8.77. The Morgan fingerprint density at radius 2 is 1.72 bits per heavy atom. The van der Waals surface area contributed by atoms with Gasteiger partial charge in [-0.2, -0.15) is 0 Å². The zero-order valence-electron chi connectivity index (χ0n) is 18.9. The Bertz CT molecular complexity index is 957. The van der Waals surface area contributed by atoms with Crippen LogP contribution in [0.2, 0.25) is 0 Å². The van der Waals surface area contributed by atoms with Gasteiger partial charge < -0.3 is 9.64 Å². The third-order valence-electron chi connectivity index (χ3n) is 5.16. The van der Waals surface area contributed by atoms with Crippen LogP contribution in [0.25, 0.3) is 0 Å². The van der Waals surface area contributed by atoms with E-state index >= 15 is 0 Å². The second kappa shape index (κ2) is 10.1. The van der Waals surface area contributed by atoms with E-state index in [1.54, 1.807) is 22.4 Å². The number of nitrogens with one attached hydrogen (secondary N) is 2. The summed E-state index contributed by atoms with van der Waals surface area (Å²) in [4.78, 5) is 43.0. The van der Waals surface area contributed by atoms with Crippen LogP contribution in [0.3, 0.4) is 0 Å². The molecular weight excluding hydrogens is 428 g/mol. The van der Waals surface area contributed by atoms with Crippen molar-refractivity contribution in [2.75, 3.05) is 13.1 Å². The van der Waals surface area contributed by atoms with E-state index in [2.05, 4.69) is 15.8 Å². The van der Waals surface area contributed by atoms with Gasteiger partial charge in [0.05, 0.1) is 5.01 Å². The van der Waals surface area contributed by atoms with Gasteiger partial charge in [-0.15, -0.1) is 11.3 Å². The number of carbonyl (C=O) groups is 3. The van der Waals surface area contributed by atoms with Crippen molar-refractivity contribution < 1.29 is 19.1 Å². The molecular formula is C23H30N4O4S. The molecule has 1 aromatic carbocycles. The fourth-order valence-electron chi connectivity index (χ4n) is 3.36. The van der Waals surface area contributed by atoms with E-state index in [0.29, 0.717) is 18.7 Å². The standard InChI is InChI=1S/C23H30N4O4S/c1-5-15-6-8-16(9-7-15)19(28)25-26-20(29)18-14-32-21(24-18)17-10-12-27(13-11-17)22(30)31-23(2,3)4/h6-9,14,17H,5,10-13H2,1-4H3,(H,25,28)(H,26,29). The molecule has 0 atom stereocenters. The number of hydrazine groups is 1. The van der Waals surface area contributed by atoms with E-state index < -0.39 is 11.5 Å². The lowest BCUT2D eigenvalue weighted by molar-refractivity contribution is 0.0204. The molecule has 0 saturated carbocycles. The van der Waals surface area contributed by atoms with E-state index in [9.17, 15) is 14.4 Å². The van der Waals surface area contributed by atoms with Crippen LogP contribution in [0.4, 0.5) is 4.79 Å². The van der Waals surface area contributed by atoms with E-state index in [-0.39, 0.29) is 23.6 Å². The Morgan fingerprint density at radius 1 is 1.09 bits per heavy atom. The number of likely N-dealkylation sites (tertiary alicyclic amines) is 1. The van der Waals surface area contributed by atoms with Gasteiger partial charge in [-0.1, -0.05) is 19.1 Å². The number of hydrogen-bond donors (Lipinski definition) is 2. The molecule has 1 aliphatic rings. The first kappa shape index (κ1) is 23.7. The van der Waals surface area contributed by atoms with Crippen LogP contribution in [-0.4, -0.2) is 46.5 Å². The van der Waals surface area contributed by atoms with Crippen molar-refractivity contribution in [2.45, 2.75) is 58.5 Å². The van der Waals surface area contributed by atoms with Gasteiger partial charge in [0, 0.05) is 30.0 Å². The third kappa shape index (κ3) is 6.29. The Balaban J connectivity index is 1.49. The lowest BCUT2D eigenvalue weighted by atomic mass is 9.98. The first-order valence-electron chi connectivity index (χ1n) is 10.8. The first-order valence-corrected chi connectivity index (χ1v) is 11.7. The van der Waals surface area contributed by atoms with E-state index in [0.717, 1.165) is 29.8 Å². The number of amides is 3. The highest BCUT2D eigenvalue weighted by molar-refractivity contribution is 7.09. The molecule has 0 radical (unpaired) electrons. The van der Waals surface area contributed by atoms with Crippen molar-refractivity contribution in [2.24, 2.45) is 0 Å². The first-order chi connectivity index (χ1) is 15.2. The molecule has 0 aliphatic carbocycles. The fourth-order valence-corrected chi connectivity index (χ4v) is 4.33. The molecule has 2 N–H and O–H groups in total. The highest BCUT2D eigenvalue weighted by atomic mass is 32.1. The van der Waals surface area contributed by atoms with Gasteiger partial charge in [-0.25, -0.2) is 9.78 Å². The molecule has 8 nitrogen and oxygen atoms in total. The summed E-state index contributed by atoms with van der Waals surface area (Å²) in [6, 6.07) is 7.23. The molecule has 3 rings (SSSR count). The number of rotatable bonds is 4. The van der Waals surface area contributed by atoms with Crippen molar-refractivity contribution >= 4 is 29.2 Å². The number of hydrogen-bond acceptors (Lipinski definition) is 6. The number of benzene rings is 1. The second-order valence-corrected chi connectivity index (χ2v) is 9.66. The van der Waals surface area contributed by atoms with E-state index in [1.165, 1.54) is 11.3 Å². The van der Waals surface area contributed by atoms with Crippen molar-refractivity contribution in [3.63, 3.8) is 0 Å². The summed E-state index contributed by atoms with van der Waals surface area (Å²) in [6.45, 7) is 8.78. The topological polar surface area (TPSA) is 101 Å². The average Bonchev–Trinajstić information content (AvgIpc) is 3.26. The van der Waals surface area contributed by atoms with Crippen LogP contribution in [-0.2, 0) is 11.2 Å². The minimum Gasteiger partial charge on any atom is -0.444 e. The van der Waals surface area contributed by atoms with Crippen LogP contribution in [0.1, 0.15) is 77.9 Å². The molecule has 0 unspecified atom stereocenters. The van der Waals surface area contributed by atoms with Crippen molar-refractivity contribution in [3.05, 3.63) is 51.5 Å². The summed E-state index contributed by atoms with van der Waals surface area (Å²) in [5.41, 5.74) is 6.21. The van der Waals surface area contributed by atoms with Crippen molar-refractivity contribution in [1.29, 1.82) is 0 Å². The Hall–Kier alpha value is -2.94.